The second kappa shape index (κ2) is 10.1. The van der Waals surface area contributed by atoms with Gasteiger partial charge in [0.25, 0.3) is 5.91 Å². The number of benzene rings is 2. The molecule has 0 aliphatic heterocycles. The standard InChI is InChI=1S/C27H26ClN9O/c1-37-24-11-17(10-23-21(15-32-36-23)25(38)33-19-7-8-19)4-9-22(24)35-27(37)31-12-16-2-5-20(6-3-16)34-26-29-13-18(28)14-30-26/h2-6,9,11,13-15,19H,7-8,10,12H2,1H3,(H,31,35)(H,32,36)(H,33,38)(H,29,30,34). The number of carbonyl (C=O) groups excluding carboxylic acids is 1. The number of H-pyrrole nitrogens is 1. The normalized spacial score (nSPS) is 13.0. The summed E-state index contributed by atoms with van der Waals surface area (Å²) in [4.78, 5) is 25.6. The summed E-state index contributed by atoms with van der Waals surface area (Å²) in [6.07, 6.45) is 7.39. The summed E-state index contributed by atoms with van der Waals surface area (Å²) in [5.41, 5.74) is 6.39. The lowest BCUT2D eigenvalue weighted by Crippen LogP contribution is -2.26. The molecule has 1 aliphatic carbocycles. The predicted octanol–water partition coefficient (Wildman–Crippen LogP) is 4.58. The molecule has 5 aromatic rings. The number of amides is 1. The van der Waals surface area contributed by atoms with Crippen molar-refractivity contribution >= 4 is 46.1 Å². The van der Waals surface area contributed by atoms with E-state index in [9.17, 15) is 4.79 Å². The number of aryl methyl sites for hydroxylation is 1. The Morgan fingerprint density at radius 2 is 1.84 bits per heavy atom. The number of nitrogens with zero attached hydrogens (tertiary/aromatic N) is 5. The first-order valence-electron chi connectivity index (χ1n) is 12.4. The maximum absolute atomic E-state index is 12.5. The van der Waals surface area contributed by atoms with Crippen LogP contribution in [0.4, 0.5) is 17.6 Å². The topological polar surface area (TPSA) is 125 Å². The fraction of sp³-hybridized carbons (Fsp3) is 0.222. The third-order valence-electron chi connectivity index (χ3n) is 6.48. The van der Waals surface area contributed by atoms with E-state index in [1.165, 1.54) is 0 Å². The van der Waals surface area contributed by atoms with E-state index in [1.807, 2.05) is 48.0 Å². The van der Waals surface area contributed by atoms with Crippen molar-refractivity contribution in [2.75, 3.05) is 10.6 Å². The second-order valence-corrected chi connectivity index (χ2v) is 9.84. The number of aromatic nitrogens is 6. The van der Waals surface area contributed by atoms with Gasteiger partial charge in [0, 0.05) is 31.7 Å². The molecule has 0 atom stereocenters. The van der Waals surface area contributed by atoms with Gasteiger partial charge in [-0.2, -0.15) is 5.10 Å². The number of imidazole rings is 1. The zero-order valence-corrected chi connectivity index (χ0v) is 21.5. The first-order chi connectivity index (χ1) is 18.5. The van der Waals surface area contributed by atoms with Crippen molar-refractivity contribution in [1.82, 2.24) is 35.0 Å². The van der Waals surface area contributed by atoms with E-state index < -0.39 is 0 Å². The molecule has 192 valence electrons. The van der Waals surface area contributed by atoms with Crippen molar-refractivity contribution in [1.29, 1.82) is 0 Å². The molecule has 2 aromatic carbocycles. The van der Waals surface area contributed by atoms with E-state index >= 15 is 0 Å². The third-order valence-corrected chi connectivity index (χ3v) is 6.68. The minimum atomic E-state index is -0.0634. The summed E-state index contributed by atoms with van der Waals surface area (Å²) in [5, 5.41) is 17.2. The van der Waals surface area contributed by atoms with Gasteiger partial charge in [-0.3, -0.25) is 9.89 Å². The molecule has 0 saturated heterocycles. The Labute approximate surface area is 223 Å². The molecule has 0 unspecified atom stereocenters. The number of hydrogen-bond acceptors (Lipinski definition) is 7. The summed E-state index contributed by atoms with van der Waals surface area (Å²) in [6, 6.07) is 14.5. The summed E-state index contributed by atoms with van der Waals surface area (Å²) in [5.74, 6) is 1.20. The van der Waals surface area contributed by atoms with Gasteiger partial charge >= 0.3 is 0 Å². The summed E-state index contributed by atoms with van der Waals surface area (Å²) in [7, 11) is 1.99. The molecule has 0 radical (unpaired) electrons. The van der Waals surface area contributed by atoms with Crippen LogP contribution in [-0.2, 0) is 20.0 Å². The number of rotatable bonds is 9. The number of nitrogens with one attached hydrogen (secondary N) is 4. The van der Waals surface area contributed by atoms with Crippen LogP contribution in [-0.4, -0.2) is 41.7 Å². The largest absolute Gasteiger partial charge is 0.352 e. The Balaban J connectivity index is 1.11. The Hall–Kier alpha value is -4.44. The maximum atomic E-state index is 12.5. The average Bonchev–Trinajstić information content (AvgIpc) is 3.52. The van der Waals surface area contributed by atoms with E-state index in [1.54, 1.807) is 18.6 Å². The van der Waals surface area contributed by atoms with Crippen LogP contribution in [0, 0.1) is 0 Å². The van der Waals surface area contributed by atoms with Crippen LogP contribution < -0.4 is 16.0 Å². The van der Waals surface area contributed by atoms with E-state index in [0.717, 1.165) is 52.3 Å². The quantitative estimate of drug-likeness (QED) is 0.221. The van der Waals surface area contributed by atoms with Gasteiger partial charge in [-0.05, 0) is 48.2 Å². The number of hydrogen-bond donors (Lipinski definition) is 4. The highest BCUT2D eigenvalue weighted by atomic mass is 35.5. The molecule has 1 fully saturated rings. The Kier molecular flexibility index (Phi) is 6.38. The number of halogens is 1. The molecular formula is C27H26ClN9O. The Morgan fingerprint density at radius 1 is 1.08 bits per heavy atom. The summed E-state index contributed by atoms with van der Waals surface area (Å²) >= 11 is 5.84. The van der Waals surface area contributed by atoms with Gasteiger partial charge in [0.15, 0.2) is 0 Å². The summed E-state index contributed by atoms with van der Waals surface area (Å²) in [6.45, 7) is 0.620. The highest BCUT2D eigenvalue weighted by molar-refractivity contribution is 6.30. The fourth-order valence-electron chi connectivity index (χ4n) is 4.23. The van der Waals surface area contributed by atoms with E-state index in [0.29, 0.717) is 35.5 Å². The van der Waals surface area contributed by atoms with Crippen LogP contribution in [0.2, 0.25) is 5.02 Å². The van der Waals surface area contributed by atoms with Gasteiger partial charge in [0.2, 0.25) is 11.9 Å². The molecule has 10 nitrogen and oxygen atoms in total. The van der Waals surface area contributed by atoms with E-state index in [-0.39, 0.29) is 5.91 Å². The molecule has 11 heteroatoms. The SMILES string of the molecule is Cn1c(NCc2ccc(Nc3ncc(Cl)cn3)cc2)nc2ccc(Cc3[nH]ncc3C(=O)NC3CC3)cc21. The van der Waals surface area contributed by atoms with Crippen molar-refractivity contribution in [2.24, 2.45) is 7.05 Å². The number of carbonyl (C=O) groups is 1. The molecule has 0 spiro atoms. The van der Waals surface area contributed by atoms with Gasteiger partial charge in [0.05, 0.1) is 45.9 Å². The Bertz CT molecular complexity index is 1590. The molecule has 4 N–H and O–H groups in total. The van der Waals surface area contributed by atoms with Gasteiger partial charge in [-0.15, -0.1) is 0 Å². The van der Waals surface area contributed by atoms with Crippen LogP contribution >= 0.6 is 11.6 Å². The van der Waals surface area contributed by atoms with Crippen LogP contribution in [0.25, 0.3) is 11.0 Å². The van der Waals surface area contributed by atoms with Crippen molar-refractivity contribution < 1.29 is 4.79 Å². The first kappa shape index (κ1) is 23.9. The van der Waals surface area contributed by atoms with Crippen molar-refractivity contribution in [2.45, 2.75) is 31.8 Å². The van der Waals surface area contributed by atoms with Crippen LogP contribution in [0.5, 0.6) is 0 Å². The van der Waals surface area contributed by atoms with Gasteiger partial charge in [-0.1, -0.05) is 29.8 Å². The third kappa shape index (κ3) is 5.30. The molecule has 3 heterocycles. The minimum Gasteiger partial charge on any atom is -0.352 e. The highest BCUT2D eigenvalue weighted by Crippen LogP contribution is 2.24. The monoisotopic (exact) mass is 527 g/mol. The molecule has 6 rings (SSSR count). The van der Waals surface area contributed by atoms with Crippen molar-refractivity contribution in [3.8, 4) is 0 Å². The smallest absolute Gasteiger partial charge is 0.254 e. The zero-order valence-electron chi connectivity index (χ0n) is 20.7. The fourth-order valence-corrected chi connectivity index (χ4v) is 4.33. The predicted molar refractivity (Wildman–Crippen MR) is 147 cm³/mol. The lowest BCUT2D eigenvalue weighted by Gasteiger charge is -2.08. The van der Waals surface area contributed by atoms with Gasteiger partial charge in [0.1, 0.15) is 0 Å². The lowest BCUT2D eigenvalue weighted by molar-refractivity contribution is 0.0950. The van der Waals surface area contributed by atoms with E-state index in [2.05, 4.69) is 42.2 Å². The first-order valence-corrected chi connectivity index (χ1v) is 12.8. The zero-order chi connectivity index (χ0) is 26.1. The van der Waals surface area contributed by atoms with Crippen molar-refractivity contribution in [3.63, 3.8) is 0 Å². The number of anilines is 3. The number of aromatic amines is 1. The maximum Gasteiger partial charge on any atom is 0.254 e. The van der Waals surface area contributed by atoms with Crippen molar-refractivity contribution in [3.05, 3.63) is 88.5 Å². The van der Waals surface area contributed by atoms with E-state index in [4.69, 9.17) is 16.6 Å². The molecule has 1 saturated carbocycles. The molecular weight excluding hydrogens is 502 g/mol. The van der Waals surface area contributed by atoms with Gasteiger partial charge < -0.3 is 20.5 Å². The molecule has 0 bridgehead atoms. The van der Waals surface area contributed by atoms with Crippen LogP contribution in [0.1, 0.15) is 40.0 Å². The van der Waals surface area contributed by atoms with Crippen LogP contribution in [0.3, 0.4) is 0 Å². The molecule has 3 aromatic heterocycles. The number of fused-ring (bicyclic) bond motifs is 1. The average molecular weight is 528 g/mol. The van der Waals surface area contributed by atoms with Crippen LogP contribution in [0.15, 0.2) is 61.1 Å². The van der Waals surface area contributed by atoms with Gasteiger partial charge in [-0.25, -0.2) is 15.0 Å². The lowest BCUT2D eigenvalue weighted by atomic mass is 10.1. The Morgan fingerprint density at radius 3 is 2.61 bits per heavy atom. The molecule has 1 amide bonds. The second-order valence-electron chi connectivity index (χ2n) is 9.40. The molecule has 1 aliphatic rings. The molecule has 38 heavy (non-hydrogen) atoms. The summed E-state index contributed by atoms with van der Waals surface area (Å²) < 4.78 is 2.04. The highest BCUT2D eigenvalue weighted by Gasteiger charge is 2.25. The minimum absolute atomic E-state index is 0.0634.